The minimum atomic E-state index is -0.414. The van der Waals surface area contributed by atoms with Crippen LogP contribution in [0.5, 0.6) is 0 Å². The average molecular weight is 268 g/mol. The van der Waals surface area contributed by atoms with E-state index in [4.69, 9.17) is 4.74 Å². The fourth-order valence-corrected chi connectivity index (χ4v) is 1.85. The summed E-state index contributed by atoms with van der Waals surface area (Å²) in [5, 5.41) is 2.86. The molecule has 0 bridgehead atoms. The molecule has 0 spiro atoms. The van der Waals surface area contributed by atoms with E-state index < -0.39 is 6.04 Å². The normalized spacial score (nSPS) is 12.5. The van der Waals surface area contributed by atoms with Crippen LogP contribution in [0.4, 0.5) is 4.39 Å². The number of hydrogen-bond donors (Lipinski definition) is 1. The summed E-state index contributed by atoms with van der Waals surface area (Å²) in [5.74, 6) is -0.394. The van der Waals surface area contributed by atoms with Gasteiger partial charge in [0, 0.05) is 20.3 Å². The molecule has 5 heteroatoms. The third kappa shape index (κ3) is 4.96. The molecule has 1 atom stereocenters. The third-order valence-corrected chi connectivity index (χ3v) is 2.77. The standard InChI is InChI=1S/C14H21FN2O2/c1-17(2)13(11-5-7-12(15)8-6-11)14(18)16-9-4-10-19-3/h5-8,13H,4,9-10H2,1-3H3,(H,16,18)/t13-/m1/s1. The van der Waals surface area contributed by atoms with E-state index in [2.05, 4.69) is 5.32 Å². The van der Waals surface area contributed by atoms with Gasteiger partial charge in [0.25, 0.3) is 0 Å². The van der Waals surface area contributed by atoms with Crippen LogP contribution in [0.1, 0.15) is 18.0 Å². The molecular formula is C14H21FN2O2. The molecule has 0 saturated carbocycles. The van der Waals surface area contributed by atoms with Crippen molar-refractivity contribution in [2.75, 3.05) is 34.4 Å². The van der Waals surface area contributed by atoms with Gasteiger partial charge in [-0.3, -0.25) is 9.69 Å². The molecule has 1 aromatic rings. The lowest BCUT2D eigenvalue weighted by molar-refractivity contribution is -0.125. The van der Waals surface area contributed by atoms with Gasteiger partial charge in [0.2, 0.25) is 5.91 Å². The first-order valence-electron chi connectivity index (χ1n) is 6.24. The Balaban J connectivity index is 2.66. The number of rotatable bonds is 7. The highest BCUT2D eigenvalue weighted by Gasteiger charge is 2.22. The molecule has 0 aromatic heterocycles. The zero-order valence-corrected chi connectivity index (χ0v) is 11.6. The van der Waals surface area contributed by atoms with Crippen LogP contribution in [-0.2, 0) is 9.53 Å². The first kappa shape index (κ1) is 15.6. The number of benzene rings is 1. The molecule has 0 fully saturated rings. The van der Waals surface area contributed by atoms with Crippen molar-refractivity contribution >= 4 is 5.91 Å². The number of amides is 1. The predicted molar refractivity (Wildman–Crippen MR) is 72.3 cm³/mol. The van der Waals surface area contributed by atoms with Crippen LogP contribution in [0.25, 0.3) is 0 Å². The Morgan fingerprint density at radius 2 is 2.00 bits per heavy atom. The molecule has 1 rings (SSSR count). The minimum Gasteiger partial charge on any atom is -0.385 e. The van der Waals surface area contributed by atoms with Crippen LogP contribution < -0.4 is 5.32 Å². The van der Waals surface area contributed by atoms with Gasteiger partial charge in [-0.2, -0.15) is 0 Å². The maximum Gasteiger partial charge on any atom is 0.241 e. The van der Waals surface area contributed by atoms with E-state index in [0.717, 1.165) is 12.0 Å². The van der Waals surface area contributed by atoms with Crippen molar-refractivity contribution in [1.82, 2.24) is 10.2 Å². The maximum absolute atomic E-state index is 12.9. The van der Waals surface area contributed by atoms with Gasteiger partial charge in [-0.25, -0.2) is 4.39 Å². The number of ether oxygens (including phenoxy) is 1. The third-order valence-electron chi connectivity index (χ3n) is 2.77. The second-order valence-corrected chi connectivity index (χ2v) is 4.56. The number of carbonyl (C=O) groups is 1. The number of likely N-dealkylation sites (N-methyl/N-ethyl adjacent to an activating group) is 1. The van der Waals surface area contributed by atoms with Crippen molar-refractivity contribution in [2.24, 2.45) is 0 Å². The van der Waals surface area contributed by atoms with Gasteiger partial charge >= 0.3 is 0 Å². The first-order chi connectivity index (χ1) is 9.06. The van der Waals surface area contributed by atoms with Gasteiger partial charge in [0.1, 0.15) is 11.9 Å². The van der Waals surface area contributed by atoms with Crippen molar-refractivity contribution in [1.29, 1.82) is 0 Å². The monoisotopic (exact) mass is 268 g/mol. The van der Waals surface area contributed by atoms with Crippen LogP contribution in [0, 0.1) is 5.82 Å². The molecule has 1 amide bonds. The van der Waals surface area contributed by atoms with E-state index in [1.165, 1.54) is 12.1 Å². The van der Waals surface area contributed by atoms with E-state index in [1.54, 1.807) is 24.1 Å². The SMILES string of the molecule is COCCCNC(=O)[C@@H](c1ccc(F)cc1)N(C)C. The molecule has 0 unspecified atom stereocenters. The van der Waals surface area contributed by atoms with E-state index >= 15 is 0 Å². The summed E-state index contributed by atoms with van der Waals surface area (Å²) in [6.07, 6.45) is 0.770. The summed E-state index contributed by atoms with van der Waals surface area (Å²) in [6.45, 7) is 1.18. The molecule has 106 valence electrons. The summed E-state index contributed by atoms with van der Waals surface area (Å²) in [5.41, 5.74) is 0.774. The Kier molecular flexibility index (Phi) is 6.45. The van der Waals surface area contributed by atoms with Crippen molar-refractivity contribution < 1.29 is 13.9 Å². The second kappa shape index (κ2) is 7.86. The first-order valence-corrected chi connectivity index (χ1v) is 6.24. The van der Waals surface area contributed by atoms with Gasteiger partial charge in [-0.1, -0.05) is 12.1 Å². The number of carbonyl (C=O) groups excluding carboxylic acids is 1. The molecule has 1 N–H and O–H groups in total. The summed E-state index contributed by atoms with van der Waals surface area (Å²) in [7, 11) is 5.27. The number of hydrogen-bond acceptors (Lipinski definition) is 3. The van der Waals surface area contributed by atoms with Crippen molar-refractivity contribution in [3.05, 3.63) is 35.6 Å². The molecule has 0 aliphatic heterocycles. The topological polar surface area (TPSA) is 41.6 Å². The van der Waals surface area contributed by atoms with E-state index in [0.29, 0.717) is 13.2 Å². The van der Waals surface area contributed by atoms with E-state index in [1.807, 2.05) is 14.1 Å². The van der Waals surface area contributed by atoms with Crippen LogP contribution in [-0.4, -0.2) is 45.2 Å². The fraction of sp³-hybridized carbons (Fsp3) is 0.500. The van der Waals surface area contributed by atoms with Crippen molar-refractivity contribution in [2.45, 2.75) is 12.5 Å². The number of nitrogens with zero attached hydrogens (tertiary/aromatic N) is 1. The highest BCUT2D eigenvalue weighted by molar-refractivity contribution is 5.83. The molecule has 4 nitrogen and oxygen atoms in total. The summed E-state index contributed by atoms with van der Waals surface area (Å²) < 4.78 is 17.8. The van der Waals surface area contributed by atoms with Crippen molar-refractivity contribution in [3.8, 4) is 0 Å². The zero-order chi connectivity index (χ0) is 14.3. The lowest BCUT2D eigenvalue weighted by atomic mass is 10.1. The molecule has 0 heterocycles. The summed E-state index contributed by atoms with van der Waals surface area (Å²) in [6, 6.07) is 5.58. The minimum absolute atomic E-state index is 0.0901. The number of methoxy groups -OCH3 is 1. The van der Waals surface area contributed by atoms with Crippen LogP contribution in [0.3, 0.4) is 0 Å². The van der Waals surface area contributed by atoms with Gasteiger partial charge in [0.05, 0.1) is 0 Å². The second-order valence-electron chi connectivity index (χ2n) is 4.56. The Labute approximate surface area is 113 Å². The molecule has 0 aliphatic rings. The van der Waals surface area contributed by atoms with E-state index in [-0.39, 0.29) is 11.7 Å². The van der Waals surface area contributed by atoms with Gasteiger partial charge in [-0.15, -0.1) is 0 Å². The van der Waals surface area contributed by atoms with Crippen molar-refractivity contribution in [3.63, 3.8) is 0 Å². The smallest absolute Gasteiger partial charge is 0.241 e. The number of nitrogens with one attached hydrogen (secondary N) is 1. The largest absolute Gasteiger partial charge is 0.385 e. The maximum atomic E-state index is 12.9. The average Bonchev–Trinajstić information content (AvgIpc) is 2.37. The molecular weight excluding hydrogens is 247 g/mol. The van der Waals surface area contributed by atoms with Crippen LogP contribution in [0.2, 0.25) is 0 Å². The molecule has 19 heavy (non-hydrogen) atoms. The highest BCUT2D eigenvalue weighted by atomic mass is 19.1. The summed E-state index contributed by atoms with van der Waals surface area (Å²) in [4.78, 5) is 14.0. The molecule has 0 radical (unpaired) electrons. The predicted octanol–water partition coefficient (Wildman–Crippen LogP) is 1.58. The van der Waals surface area contributed by atoms with Gasteiger partial charge in [-0.05, 0) is 38.2 Å². The van der Waals surface area contributed by atoms with Crippen LogP contribution in [0.15, 0.2) is 24.3 Å². The van der Waals surface area contributed by atoms with Gasteiger partial charge < -0.3 is 10.1 Å². The Morgan fingerprint density at radius 1 is 1.37 bits per heavy atom. The fourth-order valence-electron chi connectivity index (χ4n) is 1.85. The summed E-state index contributed by atoms with van der Waals surface area (Å²) >= 11 is 0. The number of halogens is 1. The molecule has 0 aliphatic carbocycles. The van der Waals surface area contributed by atoms with Crippen LogP contribution >= 0.6 is 0 Å². The Hall–Kier alpha value is -1.46. The highest BCUT2D eigenvalue weighted by Crippen LogP contribution is 2.18. The molecule has 0 saturated heterocycles. The van der Waals surface area contributed by atoms with Gasteiger partial charge in [0.15, 0.2) is 0 Å². The lowest BCUT2D eigenvalue weighted by Gasteiger charge is -2.23. The van der Waals surface area contributed by atoms with E-state index in [9.17, 15) is 9.18 Å². The zero-order valence-electron chi connectivity index (χ0n) is 11.6. The quantitative estimate of drug-likeness (QED) is 0.763. The molecule has 1 aromatic carbocycles. The Morgan fingerprint density at radius 3 is 2.53 bits per heavy atom. The Bertz CT molecular complexity index is 393. The lowest BCUT2D eigenvalue weighted by Crippen LogP contribution is -2.37.